The maximum Gasteiger partial charge on any atom is 0.586 e. The van der Waals surface area contributed by atoms with E-state index in [2.05, 4.69) is 245 Å². The minimum Gasteiger partial charge on any atom is -0.518 e. The molecule has 9 heteroatoms. The molecule has 0 bridgehead atoms. The predicted octanol–water partition coefficient (Wildman–Crippen LogP) is 15.1. The van der Waals surface area contributed by atoms with Crippen molar-refractivity contribution in [3.8, 4) is 0 Å². The summed E-state index contributed by atoms with van der Waals surface area (Å²) in [4.78, 5) is 8.80. The van der Waals surface area contributed by atoms with Gasteiger partial charge in [-0.3, -0.25) is 0 Å². The van der Waals surface area contributed by atoms with Gasteiger partial charge in [-0.05, 0) is 91.9 Å². The zero-order valence-corrected chi connectivity index (χ0v) is 42.9. The Morgan fingerprint density at radius 1 is 0.333 bits per heavy atom. The van der Waals surface area contributed by atoms with Crippen LogP contribution in [-0.2, 0) is 8.92 Å². The van der Waals surface area contributed by atoms with E-state index in [0.717, 1.165) is 0 Å². The van der Waals surface area contributed by atoms with E-state index in [0.29, 0.717) is 47.3 Å². The second kappa shape index (κ2) is 21.4. The zero-order chi connectivity index (χ0) is 46.4. The molecule has 3 heterocycles. The van der Waals surface area contributed by atoms with E-state index in [9.17, 15) is 8.92 Å². The average molecular weight is 881 g/mol. The lowest BCUT2D eigenvalue weighted by atomic mass is 9.91. The van der Waals surface area contributed by atoms with E-state index in [1.807, 2.05) is 0 Å². The highest BCUT2D eigenvalue weighted by atomic mass is 29.0. The van der Waals surface area contributed by atoms with Gasteiger partial charge in [-0.25, -0.2) is 0 Å². The van der Waals surface area contributed by atoms with E-state index < -0.39 is 16.1 Å². The number of rotatable bonds is 12. The first kappa shape index (κ1) is 49.4. The molecule has 0 aliphatic carbocycles. The van der Waals surface area contributed by atoms with Gasteiger partial charge in [0.1, 0.15) is 0 Å². The van der Waals surface area contributed by atoms with Crippen molar-refractivity contribution in [1.29, 1.82) is 0 Å². The zero-order valence-electron chi connectivity index (χ0n) is 40.9. The van der Waals surface area contributed by atoms with Crippen LogP contribution in [0.1, 0.15) is 203 Å². The molecule has 0 saturated heterocycles. The molecule has 334 valence electrons. The van der Waals surface area contributed by atoms with Crippen molar-refractivity contribution in [3.05, 3.63) is 155 Å². The molecular weight excluding hydrogens is 809 g/mol. The molecule has 4 radical (unpaired) electrons. The van der Waals surface area contributed by atoms with E-state index in [1.54, 1.807) is 0 Å². The molecule has 1 aromatic heterocycles. The van der Waals surface area contributed by atoms with Crippen molar-refractivity contribution in [2.24, 2.45) is 0 Å². The molecule has 0 atom stereocenters. The third-order valence-electron chi connectivity index (χ3n) is 11.8. The van der Waals surface area contributed by atoms with Gasteiger partial charge < -0.3 is 32.3 Å². The summed E-state index contributed by atoms with van der Waals surface area (Å²) >= 11 is 0. The van der Waals surface area contributed by atoms with Gasteiger partial charge in [-0.2, -0.15) is 0 Å². The molecule has 5 aromatic rings. The van der Waals surface area contributed by atoms with Crippen LogP contribution in [-0.4, -0.2) is 16.1 Å². The summed E-state index contributed by atoms with van der Waals surface area (Å²) in [5.41, 5.74) is 16.1. The summed E-state index contributed by atoms with van der Waals surface area (Å²) in [5.74, 6) is 3.68. The van der Waals surface area contributed by atoms with Crippen molar-refractivity contribution in [2.75, 3.05) is 19.6 Å². The Bertz CT molecular complexity index is 2020. The van der Waals surface area contributed by atoms with Crippen molar-refractivity contribution in [3.63, 3.8) is 0 Å². The molecule has 0 spiro atoms. The minimum absolute atomic E-state index is 0.460. The van der Waals surface area contributed by atoms with Crippen LogP contribution >= 0.6 is 0 Å². The number of hydrogen-bond donors (Lipinski definition) is 0. The Kier molecular flexibility index (Phi) is 16.8. The lowest BCUT2D eigenvalue weighted by Gasteiger charge is -2.29. The Balaban J connectivity index is 0.000000213. The molecule has 4 aromatic carbocycles. The van der Waals surface area contributed by atoms with Gasteiger partial charge in [0, 0.05) is 24.8 Å². The summed E-state index contributed by atoms with van der Waals surface area (Å²) in [7, 11) is -3.82. The van der Waals surface area contributed by atoms with Crippen LogP contribution in [0.25, 0.3) is 0 Å². The van der Waals surface area contributed by atoms with Crippen molar-refractivity contribution < 1.29 is 12.7 Å². The third-order valence-corrected chi connectivity index (χ3v) is 14.3. The van der Waals surface area contributed by atoms with Crippen molar-refractivity contribution >= 4 is 38.8 Å². The van der Waals surface area contributed by atoms with Crippen LogP contribution in [0.15, 0.2) is 101 Å². The number of nitrogens with zero attached hydrogens (tertiary/aromatic N) is 4. The van der Waals surface area contributed by atoms with Crippen LogP contribution in [0.4, 0.5) is 22.7 Å². The van der Waals surface area contributed by atoms with Crippen molar-refractivity contribution in [2.45, 2.75) is 158 Å². The summed E-state index contributed by atoms with van der Waals surface area (Å²) in [6, 6.07) is 26.8. The molecule has 0 N–H and O–H groups in total. The van der Waals surface area contributed by atoms with Gasteiger partial charge in [0.2, 0.25) is 13.3 Å². The molecule has 7 rings (SSSR count). The van der Waals surface area contributed by atoms with E-state index in [1.165, 1.54) is 67.3 Å². The summed E-state index contributed by atoms with van der Waals surface area (Å²) < 4.78 is 23.2. The topological polar surface area (TPSA) is 60.2 Å². The SMILES string of the molecule is CC(C)c1cccc(C(C)C)c1N1[C]N(c2c(C(C)C)cccc2C(C)C)C=C1.CC(C)c1cccc(C(C)C)c1N1[C]N(c2c(C(C)C)cccc2C(C)C)C=C1.O=[si]1o[si]1=O. The molecule has 0 saturated carbocycles. The average Bonchev–Trinajstić information content (AvgIpc) is 3.58. The minimum atomic E-state index is -1.91. The second-order valence-electron chi connectivity index (χ2n) is 19.3. The fourth-order valence-electron chi connectivity index (χ4n) is 8.35. The highest BCUT2D eigenvalue weighted by Crippen LogP contribution is 2.44. The Labute approximate surface area is 383 Å². The van der Waals surface area contributed by atoms with Crippen LogP contribution in [0, 0.1) is 13.3 Å². The van der Waals surface area contributed by atoms with E-state index in [-0.39, 0.29) is 0 Å². The molecule has 2 aliphatic heterocycles. The van der Waals surface area contributed by atoms with Crippen LogP contribution < -0.4 is 19.6 Å². The van der Waals surface area contributed by atoms with E-state index >= 15 is 0 Å². The van der Waals surface area contributed by atoms with Gasteiger partial charge in [0.25, 0.3) is 0 Å². The monoisotopic (exact) mass is 881 g/mol. The number of hydrogen-bond acceptors (Lipinski definition) is 7. The maximum absolute atomic E-state index is 9.58. The molecular formula is C54H72N4O3Si2. The summed E-state index contributed by atoms with van der Waals surface area (Å²) in [6.07, 6.45) is 8.64. The molecule has 2 aliphatic rings. The lowest BCUT2D eigenvalue weighted by Crippen LogP contribution is -2.23. The summed E-state index contributed by atoms with van der Waals surface area (Å²) in [6.45, 7) is 43.6. The molecule has 0 unspecified atom stereocenters. The number of anilines is 4. The Hall–Kier alpha value is -4.61. The predicted molar refractivity (Wildman–Crippen MR) is 267 cm³/mol. The maximum atomic E-state index is 9.58. The van der Waals surface area contributed by atoms with Gasteiger partial charge in [0.15, 0.2) is 0 Å². The van der Waals surface area contributed by atoms with Gasteiger partial charge in [-0.15, -0.1) is 0 Å². The first-order valence-electron chi connectivity index (χ1n) is 23.1. The standard InChI is InChI=1S/2C27H36N2.O3Si2/c2*1-18(2)22-11-9-12-23(19(3)4)26(22)28-15-16-29(17-28)27-24(20(5)6)13-10-14-25(27)21(7)8;1-4-3-5(4)2/h2*9-16,18-21H,1-8H3;. The summed E-state index contributed by atoms with van der Waals surface area (Å²) in [5, 5.41) is 0. The number of para-hydroxylation sites is 4. The lowest BCUT2D eigenvalue weighted by molar-refractivity contribution is 0.546. The van der Waals surface area contributed by atoms with Gasteiger partial charge in [-0.1, -0.05) is 184 Å². The van der Waals surface area contributed by atoms with Gasteiger partial charge >= 0.3 is 16.1 Å². The normalized spacial score (nSPS) is 14.0. The highest BCUT2D eigenvalue weighted by Gasteiger charge is 2.30. The second-order valence-corrected chi connectivity index (χ2v) is 23.7. The Morgan fingerprint density at radius 3 is 0.587 bits per heavy atom. The van der Waals surface area contributed by atoms with Crippen LogP contribution in [0.5, 0.6) is 0 Å². The number of benzene rings is 4. The van der Waals surface area contributed by atoms with Crippen LogP contribution in [0.2, 0.25) is 0 Å². The first-order chi connectivity index (χ1) is 29.7. The van der Waals surface area contributed by atoms with Crippen molar-refractivity contribution in [1.82, 2.24) is 0 Å². The molecule has 7 nitrogen and oxygen atoms in total. The third kappa shape index (κ3) is 11.6. The molecule has 0 amide bonds. The molecule has 63 heavy (non-hydrogen) atoms. The molecule has 0 fully saturated rings. The fourth-order valence-corrected chi connectivity index (χ4v) is 9.57. The smallest absolute Gasteiger partial charge is 0.518 e. The quantitative estimate of drug-likeness (QED) is 0.116. The van der Waals surface area contributed by atoms with E-state index in [4.69, 9.17) is 0 Å². The first-order valence-corrected chi connectivity index (χ1v) is 26.7. The fraction of sp³-hybridized carbons (Fsp3) is 0.444. The largest absolute Gasteiger partial charge is 0.586 e. The van der Waals surface area contributed by atoms with Gasteiger partial charge in [0.05, 0.1) is 22.7 Å². The van der Waals surface area contributed by atoms with Crippen LogP contribution in [0.3, 0.4) is 0 Å². The Morgan fingerprint density at radius 2 is 0.476 bits per heavy atom. The highest BCUT2D eigenvalue weighted by molar-refractivity contribution is 6.88.